The van der Waals surface area contributed by atoms with Gasteiger partial charge in [0.1, 0.15) is 0 Å². The molecule has 0 amide bonds. The molecule has 1 aromatic carbocycles. The predicted molar refractivity (Wildman–Crippen MR) is 63.4 cm³/mol. The number of benzene rings is 1. The Hall–Kier alpha value is -1.28. The molecule has 2 rings (SSSR count). The average Bonchev–Trinajstić information content (AvgIpc) is 2.48. The van der Waals surface area contributed by atoms with E-state index in [2.05, 4.69) is 61.1 Å². The number of nitrogens with zero attached hydrogens (tertiary/aromatic N) is 1. The van der Waals surface area contributed by atoms with Gasteiger partial charge in [-0.3, -0.25) is 5.32 Å². The Morgan fingerprint density at radius 2 is 2.00 bits per heavy atom. The number of nitrogens with one attached hydrogen (secondary N) is 1. The fraction of sp³-hybridized carbons (Fsp3) is 0.385. The minimum absolute atomic E-state index is 0.382. The second-order valence-corrected chi connectivity index (χ2v) is 4.19. The molecule has 0 bridgehead atoms. The summed E-state index contributed by atoms with van der Waals surface area (Å²) < 4.78 is 0. The highest BCUT2D eigenvalue weighted by Gasteiger charge is 2.28. The zero-order valence-corrected chi connectivity index (χ0v) is 9.40. The summed E-state index contributed by atoms with van der Waals surface area (Å²) in [6.45, 7) is 6.29. The largest absolute Gasteiger partial charge is 0.362 e. The van der Waals surface area contributed by atoms with Crippen LogP contribution in [0.25, 0.3) is 0 Å². The van der Waals surface area contributed by atoms with Crippen molar-refractivity contribution in [1.29, 1.82) is 0 Å². The molecular weight excluding hydrogens is 184 g/mol. The van der Waals surface area contributed by atoms with Crippen molar-refractivity contribution in [3.05, 3.63) is 48.2 Å². The van der Waals surface area contributed by atoms with Gasteiger partial charge in [0.2, 0.25) is 0 Å². The van der Waals surface area contributed by atoms with Crippen molar-refractivity contribution in [1.82, 2.24) is 10.2 Å². The van der Waals surface area contributed by atoms with E-state index in [0.29, 0.717) is 12.2 Å². The van der Waals surface area contributed by atoms with Gasteiger partial charge in [0.25, 0.3) is 0 Å². The Morgan fingerprint density at radius 3 is 2.53 bits per heavy atom. The molecule has 1 heterocycles. The van der Waals surface area contributed by atoms with Crippen LogP contribution in [0.5, 0.6) is 0 Å². The van der Waals surface area contributed by atoms with Crippen LogP contribution in [0.15, 0.2) is 42.6 Å². The molecule has 2 nitrogen and oxygen atoms in total. The zero-order chi connectivity index (χ0) is 10.8. The highest BCUT2D eigenvalue weighted by molar-refractivity contribution is 5.21. The van der Waals surface area contributed by atoms with Gasteiger partial charge in [-0.2, -0.15) is 0 Å². The minimum Gasteiger partial charge on any atom is -0.362 e. The average molecular weight is 202 g/mol. The molecule has 0 aromatic heterocycles. The van der Waals surface area contributed by atoms with E-state index in [1.807, 2.05) is 0 Å². The first-order valence-corrected chi connectivity index (χ1v) is 5.40. The molecule has 2 unspecified atom stereocenters. The van der Waals surface area contributed by atoms with Gasteiger partial charge in [-0.1, -0.05) is 36.9 Å². The molecule has 0 aliphatic carbocycles. The molecule has 1 fully saturated rings. The van der Waals surface area contributed by atoms with Gasteiger partial charge in [-0.15, -0.1) is 0 Å². The second kappa shape index (κ2) is 4.07. The summed E-state index contributed by atoms with van der Waals surface area (Å²) in [5, 5.41) is 3.53. The standard InChI is InChI=1S/C13H18N2/c1-10-13(14-11(2)15(10)3)9-12-7-5-4-6-8-12/h4-8,11,13-14H,1,9H2,2-3H3. The molecule has 1 N–H and O–H groups in total. The number of hydrogen-bond donors (Lipinski definition) is 1. The molecule has 2 heteroatoms. The van der Waals surface area contributed by atoms with E-state index in [9.17, 15) is 0 Å². The lowest BCUT2D eigenvalue weighted by molar-refractivity contribution is 0.352. The summed E-state index contributed by atoms with van der Waals surface area (Å²) >= 11 is 0. The van der Waals surface area contributed by atoms with Crippen LogP contribution in [-0.4, -0.2) is 24.2 Å². The van der Waals surface area contributed by atoms with Gasteiger partial charge in [-0.05, 0) is 18.9 Å². The highest BCUT2D eigenvalue weighted by Crippen LogP contribution is 2.19. The van der Waals surface area contributed by atoms with E-state index in [1.165, 1.54) is 11.3 Å². The summed E-state index contributed by atoms with van der Waals surface area (Å²) in [5.74, 6) is 0. The number of hydrogen-bond acceptors (Lipinski definition) is 2. The molecule has 1 aliphatic heterocycles. The summed E-state index contributed by atoms with van der Waals surface area (Å²) in [5.41, 5.74) is 2.55. The summed E-state index contributed by atoms with van der Waals surface area (Å²) in [4.78, 5) is 2.20. The third-order valence-electron chi connectivity index (χ3n) is 3.16. The zero-order valence-electron chi connectivity index (χ0n) is 9.40. The third kappa shape index (κ3) is 2.05. The fourth-order valence-electron chi connectivity index (χ4n) is 2.02. The lowest BCUT2D eigenvalue weighted by Gasteiger charge is -2.17. The van der Waals surface area contributed by atoms with Crippen LogP contribution in [-0.2, 0) is 6.42 Å². The van der Waals surface area contributed by atoms with Crippen LogP contribution >= 0.6 is 0 Å². The maximum absolute atomic E-state index is 4.13. The maximum atomic E-state index is 4.13. The van der Waals surface area contributed by atoms with Crippen LogP contribution in [0.4, 0.5) is 0 Å². The van der Waals surface area contributed by atoms with Crippen molar-refractivity contribution in [2.75, 3.05) is 7.05 Å². The molecule has 2 atom stereocenters. The van der Waals surface area contributed by atoms with Crippen LogP contribution in [0.1, 0.15) is 12.5 Å². The minimum atomic E-state index is 0.382. The predicted octanol–water partition coefficient (Wildman–Crippen LogP) is 1.99. The van der Waals surface area contributed by atoms with Crippen molar-refractivity contribution >= 4 is 0 Å². The van der Waals surface area contributed by atoms with E-state index in [0.717, 1.165) is 6.42 Å². The molecule has 80 valence electrons. The maximum Gasteiger partial charge on any atom is 0.0766 e. The van der Waals surface area contributed by atoms with Crippen molar-refractivity contribution in [3.63, 3.8) is 0 Å². The lowest BCUT2D eigenvalue weighted by Crippen LogP contribution is -2.32. The van der Waals surface area contributed by atoms with Crippen molar-refractivity contribution < 1.29 is 0 Å². The van der Waals surface area contributed by atoms with Gasteiger partial charge in [0.15, 0.2) is 0 Å². The SMILES string of the molecule is C=C1C(Cc2ccccc2)NC(C)N1C. The van der Waals surface area contributed by atoms with Gasteiger partial charge in [0, 0.05) is 12.7 Å². The molecule has 1 saturated heterocycles. The van der Waals surface area contributed by atoms with Crippen molar-refractivity contribution in [2.24, 2.45) is 0 Å². The summed E-state index contributed by atoms with van der Waals surface area (Å²) in [6, 6.07) is 10.9. The van der Waals surface area contributed by atoms with Crippen LogP contribution < -0.4 is 5.32 Å². The third-order valence-corrected chi connectivity index (χ3v) is 3.16. The van der Waals surface area contributed by atoms with E-state index in [1.54, 1.807) is 0 Å². The Kier molecular flexibility index (Phi) is 2.78. The first-order valence-electron chi connectivity index (χ1n) is 5.40. The first-order chi connectivity index (χ1) is 7.18. The molecular formula is C13H18N2. The topological polar surface area (TPSA) is 15.3 Å². The van der Waals surface area contributed by atoms with Gasteiger partial charge in [-0.25, -0.2) is 0 Å². The quantitative estimate of drug-likeness (QED) is 0.789. The molecule has 0 spiro atoms. The Balaban J connectivity index is 2.05. The normalized spacial score (nSPS) is 26.0. The number of rotatable bonds is 2. The molecule has 0 saturated carbocycles. The summed E-state index contributed by atoms with van der Waals surface area (Å²) in [7, 11) is 2.09. The molecule has 1 aliphatic rings. The molecule has 15 heavy (non-hydrogen) atoms. The number of likely N-dealkylation sites (N-methyl/N-ethyl adjacent to an activating group) is 1. The summed E-state index contributed by atoms with van der Waals surface area (Å²) in [6.07, 6.45) is 1.42. The highest BCUT2D eigenvalue weighted by atomic mass is 15.3. The molecule has 1 aromatic rings. The molecule has 0 radical (unpaired) electrons. The van der Waals surface area contributed by atoms with E-state index < -0.39 is 0 Å². The van der Waals surface area contributed by atoms with Crippen LogP contribution in [0.2, 0.25) is 0 Å². The van der Waals surface area contributed by atoms with Gasteiger partial charge < -0.3 is 4.90 Å². The van der Waals surface area contributed by atoms with E-state index in [-0.39, 0.29) is 0 Å². The van der Waals surface area contributed by atoms with E-state index in [4.69, 9.17) is 0 Å². The lowest BCUT2D eigenvalue weighted by atomic mass is 10.0. The smallest absolute Gasteiger partial charge is 0.0766 e. The Labute approximate surface area is 91.6 Å². The second-order valence-electron chi connectivity index (χ2n) is 4.19. The van der Waals surface area contributed by atoms with Gasteiger partial charge >= 0.3 is 0 Å². The van der Waals surface area contributed by atoms with Crippen LogP contribution in [0.3, 0.4) is 0 Å². The van der Waals surface area contributed by atoms with Crippen LogP contribution in [0, 0.1) is 0 Å². The van der Waals surface area contributed by atoms with Crippen molar-refractivity contribution in [2.45, 2.75) is 25.6 Å². The van der Waals surface area contributed by atoms with E-state index >= 15 is 0 Å². The Bertz CT molecular complexity index is 345. The fourth-order valence-corrected chi connectivity index (χ4v) is 2.02. The van der Waals surface area contributed by atoms with Gasteiger partial charge in [0.05, 0.1) is 12.2 Å². The first kappa shape index (κ1) is 10.2. The van der Waals surface area contributed by atoms with Crippen molar-refractivity contribution in [3.8, 4) is 0 Å². The Morgan fingerprint density at radius 1 is 1.33 bits per heavy atom. The monoisotopic (exact) mass is 202 g/mol.